The van der Waals surface area contributed by atoms with Crippen LogP contribution < -0.4 is 14.8 Å². The molecule has 0 saturated heterocycles. The molecule has 0 spiro atoms. The number of methoxy groups -OCH3 is 3. The predicted molar refractivity (Wildman–Crippen MR) is 79.7 cm³/mol. The monoisotopic (exact) mass is 293 g/mol. The summed E-state index contributed by atoms with van der Waals surface area (Å²) in [5.74, 6) is 1.02. The standard InChI is InChI=1S/C16H23NO4/c1-19-13-8-11(9-14(10-13)20-2)15(16(18)21-3)17-12-6-4-5-7-12/h8-10,12,15,17H,4-7H2,1-3H3. The number of carbonyl (C=O) groups excluding carboxylic acids is 1. The van der Waals surface area contributed by atoms with Crippen molar-refractivity contribution >= 4 is 5.97 Å². The smallest absolute Gasteiger partial charge is 0.327 e. The first-order valence-corrected chi connectivity index (χ1v) is 7.24. The highest BCUT2D eigenvalue weighted by Gasteiger charge is 2.27. The van der Waals surface area contributed by atoms with Crippen molar-refractivity contribution in [2.75, 3.05) is 21.3 Å². The molecule has 5 heteroatoms. The minimum atomic E-state index is -0.498. The van der Waals surface area contributed by atoms with Gasteiger partial charge in [-0.05, 0) is 30.5 Å². The minimum absolute atomic E-state index is 0.294. The number of hydrogen-bond donors (Lipinski definition) is 1. The molecule has 116 valence electrons. The molecule has 1 unspecified atom stereocenters. The first-order chi connectivity index (χ1) is 10.2. The Morgan fingerprint density at radius 1 is 1.10 bits per heavy atom. The number of carbonyl (C=O) groups is 1. The molecule has 1 fully saturated rings. The molecule has 1 saturated carbocycles. The van der Waals surface area contributed by atoms with Crippen molar-refractivity contribution < 1.29 is 19.0 Å². The second kappa shape index (κ2) is 7.31. The highest BCUT2D eigenvalue weighted by atomic mass is 16.5. The average Bonchev–Trinajstić information content (AvgIpc) is 3.04. The van der Waals surface area contributed by atoms with Gasteiger partial charge in [0.15, 0.2) is 0 Å². The van der Waals surface area contributed by atoms with Crippen molar-refractivity contribution in [3.63, 3.8) is 0 Å². The fourth-order valence-electron chi connectivity index (χ4n) is 2.74. The van der Waals surface area contributed by atoms with E-state index in [0.717, 1.165) is 18.4 Å². The molecule has 0 aromatic heterocycles. The van der Waals surface area contributed by atoms with Crippen LogP contribution in [-0.4, -0.2) is 33.3 Å². The van der Waals surface area contributed by atoms with Gasteiger partial charge >= 0.3 is 5.97 Å². The largest absolute Gasteiger partial charge is 0.497 e. The van der Waals surface area contributed by atoms with E-state index in [1.54, 1.807) is 20.3 Å². The van der Waals surface area contributed by atoms with Crippen LogP contribution >= 0.6 is 0 Å². The Labute approximate surface area is 125 Å². The summed E-state index contributed by atoms with van der Waals surface area (Å²) in [4.78, 5) is 12.1. The number of rotatable bonds is 6. The molecule has 2 rings (SSSR count). The third kappa shape index (κ3) is 3.88. The molecular formula is C16H23NO4. The summed E-state index contributed by atoms with van der Waals surface area (Å²) in [7, 11) is 4.59. The van der Waals surface area contributed by atoms with Crippen LogP contribution in [0, 0.1) is 0 Å². The normalized spacial score (nSPS) is 16.5. The third-order valence-electron chi connectivity index (χ3n) is 3.90. The second-order valence-electron chi connectivity index (χ2n) is 5.25. The molecule has 0 aliphatic heterocycles. The van der Waals surface area contributed by atoms with E-state index in [4.69, 9.17) is 14.2 Å². The zero-order chi connectivity index (χ0) is 15.2. The Hall–Kier alpha value is -1.75. The molecule has 1 aromatic carbocycles. The zero-order valence-corrected chi connectivity index (χ0v) is 12.8. The lowest BCUT2D eigenvalue weighted by Crippen LogP contribution is -2.36. The Kier molecular flexibility index (Phi) is 5.44. The lowest BCUT2D eigenvalue weighted by molar-refractivity contribution is -0.143. The van der Waals surface area contributed by atoms with Crippen molar-refractivity contribution in [1.82, 2.24) is 5.32 Å². The number of benzene rings is 1. The van der Waals surface area contributed by atoms with Gasteiger partial charge in [-0.3, -0.25) is 5.32 Å². The van der Waals surface area contributed by atoms with Crippen LogP contribution in [-0.2, 0) is 9.53 Å². The Morgan fingerprint density at radius 3 is 2.14 bits per heavy atom. The fraction of sp³-hybridized carbons (Fsp3) is 0.562. The zero-order valence-electron chi connectivity index (χ0n) is 12.8. The maximum absolute atomic E-state index is 12.1. The van der Waals surface area contributed by atoms with Crippen molar-refractivity contribution in [1.29, 1.82) is 0 Å². The molecule has 0 heterocycles. The lowest BCUT2D eigenvalue weighted by atomic mass is 10.0. The van der Waals surface area contributed by atoms with Crippen LogP contribution in [0.5, 0.6) is 11.5 Å². The van der Waals surface area contributed by atoms with Gasteiger partial charge in [0.1, 0.15) is 17.5 Å². The predicted octanol–water partition coefficient (Wildman–Crippen LogP) is 2.45. The molecule has 1 aliphatic carbocycles. The molecule has 5 nitrogen and oxygen atoms in total. The number of ether oxygens (including phenoxy) is 3. The highest BCUT2D eigenvalue weighted by molar-refractivity contribution is 5.78. The summed E-state index contributed by atoms with van der Waals surface area (Å²) < 4.78 is 15.5. The van der Waals surface area contributed by atoms with E-state index < -0.39 is 6.04 Å². The van der Waals surface area contributed by atoms with E-state index in [9.17, 15) is 4.79 Å². The number of nitrogens with one attached hydrogen (secondary N) is 1. The van der Waals surface area contributed by atoms with Crippen LogP contribution in [0.3, 0.4) is 0 Å². The van der Waals surface area contributed by atoms with Gasteiger partial charge in [-0.2, -0.15) is 0 Å². The van der Waals surface area contributed by atoms with E-state index >= 15 is 0 Å². The van der Waals surface area contributed by atoms with Crippen LogP contribution in [0.4, 0.5) is 0 Å². The van der Waals surface area contributed by atoms with Crippen molar-refractivity contribution in [2.24, 2.45) is 0 Å². The first kappa shape index (κ1) is 15.6. The Morgan fingerprint density at radius 2 is 1.67 bits per heavy atom. The Bertz CT molecular complexity index is 461. The third-order valence-corrected chi connectivity index (χ3v) is 3.90. The molecule has 1 N–H and O–H groups in total. The summed E-state index contributed by atoms with van der Waals surface area (Å²) in [6, 6.07) is 5.32. The Balaban J connectivity index is 2.28. The van der Waals surface area contributed by atoms with Crippen LogP contribution in [0.2, 0.25) is 0 Å². The fourth-order valence-corrected chi connectivity index (χ4v) is 2.74. The van der Waals surface area contributed by atoms with E-state index in [0.29, 0.717) is 17.5 Å². The van der Waals surface area contributed by atoms with Crippen LogP contribution in [0.1, 0.15) is 37.3 Å². The molecule has 0 bridgehead atoms. The number of hydrogen-bond acceptors (Lipinski definition) is 5. The van der Waals surface area contributed by atoms with Crippen molar-refractivity contribution in [2.45, 2.75) is 37.8 Å². The minimum Gasteiger partial charge on any atom is -0.497 e. The van der Waals surface area contributed by atoms with E-state index in [-0.39, 0.29) is 5.97 Å². The van der Waals surface area contributed by atoms with E-state index in [1.807, 2.05) is 12.1 Å². The van der Waals surface area contributed by atoms with E-state index in [1.165, 1.54) is 20.0 Å². The second-order valence-corrected chi connectivity index (χ2v) is 5.25. The summed E-state index contributed by atoms with van der Waals surface area (Å²) in [6.45, 7) is 0. The summed E-state index contributed by atoms with van der Waals surface area (Å²) in [5.41, 5.74) is 0.796. The summed E-state index contributed by atoms with van der Waals surface area (Å²) in [5, 5.41) is 3.40. The average molecular weight is 293 g/mol. The molecule has 0 amide bonds. The van der Waals surface area contributed by atoms with Gasteiger partial charge < -0.3 is 14.2 Å². The van der Waals surface area contributed by atoms with Gasteiger partial charge in [-0.15, -0.1) is 0 Å². The molecule has 1 atom stereocenters. The van der Waals surface area contributed by atoms with Crippen LogP contribution in [0.15, 0.2) is 18.2 Å². The topological polar surface area (TPSA) is 56.8 Å². The first-order valence-electron chi connectivity index (χ1n) is 7.24. The SMILES string of the molecule is COC(=O)C(NC1CCCC1)c1cc(OC)cc(OC)c1. The molecule has 1 aliphatic rings. The quantitative estimate of drug-likeness (QED) is 0.816. The van der Waals surface area contributed by atoms with Crippen molar-refractivity contribution in [3.05, 3.63) is 23.8 Å². The maximum Gasteiger partial charge on any atom is 0.327 e. The van der Waals surface area contributed by atoms with Gasteiger partial charge in [-0.1, -0.05) is 12.8 Å². The summed E-state index contributed by atoms with van der Waals surface area (Å²) >= 11 is 0. The molecule has 0 radical (unpaired) electrons. The van der Waals surface area contributed by atoms with Crippen molar-refractivity contribution in [3.8, 4) is 11.5 Å². The van der Waals surface area contributed by atoms with Gasteiger partial charge in [0, 0.05) is 12.1 Å². The molecule has 21 heavy (non-hydrogen) atoms. The number of esters is 1. The lowest BCUT2D eigenvalue weighted by Gasteiger charge is -2.22. The van der Waals surface area contributed by atoms with E-state index in [2.05, 4.69) is 5.32 Å². The summed E-state index contributed by atoms with van der Waals surface area (Å²) in [6.07, 6.45) is 4.59. The highest BCUT2D eigenvalue weighted by Crippen LogP contribution is 2.29. The van der Waals surface area contributed by atoms with Crippen LogP contribution in [0.25, 0.3) is 0 Å². The van der Waals surface area contributed by atoms with Gasteiger partial charge in [0.25, 0.3) is 0 Å². The van der Waals surface area contributed by atoms with Gasteiger partial charge in [-0.25, -0.2) is 4.79 Å². The maximum atomic E-state index is 12.1. The van der Waals surface area contributed by atoms with Gasteiger partial charge in [0.05, 0.1) is 21.3 Å². The molecular weight excluding hydrogens is 270 g/mol. The van der Waals surface area contributed by atoms with Gasteiger partial charge in [0.2, 0.25) is 0 Å². The molecule has 1 aromatic rings.